The lowest BCUT2D eigenvalue weighted by Gasteiger charge is -2.16. The average Bonchev–Trinajstić information content (AvgIpc) is 2.89. The second kappa shape index (κ2) is 6.18. The van der Waals surface area contributed by atoms with E-state index in [1.807, 2.05) is 12.1 Å². The van der Waals surface area contributed by atoms with E-state index in [1.165, 1.54) is 5.56 Å². The van der Waals surface area contributed by atoms with Crippen molar-refractivity contribution in [2.45, 2.75) is 19.1 Å². The van der Waals surface area contributed by atoms with Gasteiger partial charge in [0.05, 0.1) is 6.26 Å². The van der Waals surface area contributed by atoms with Gasteiger partial charge in [0, 0.05) is 17.1 Å². The number of aliphatic hydroxyl groups is 1. The quantitative estimate of drug-likeness (QED) is 0.889. The standard InChI is InChI=1S/C14H16BrNO2/c1-10(11-4-2-5-12(15)8-11)16-9-13(17)14-6-3-7-18-14/h2-8,10,13,16-17H,9H2,1H3/t10-,13?/m0/s1. The minimum atomic E-state index is -0.616. The zero-order valence-corrected chi connectivity index (χ0v) is 11.7. The van der Waals surface area contributed by atoms with Crippen molar-refractivity contribution in [1.82, 2.24) is 5.32 Å². The van der Waals surface area contributed by atoms with E-state index >= 15 is 0 Å². The van der Waals surface area contributed by atoms with E-state index < -0.39 is 6.10 Å². The summed E-state index contributed by atoms with van der Waals surface area (Å²) in [5.74, 6) is 0.587. The molecule has 1 aromatic heterocycles. The lowest BCUT2D eigenvalue weighted by molar-refractivity contribution is 0.144. The number of nitrogens with one attached hydrogen (secondary N) is 1. The Morgan fingerprint density at radius 2 is 2.17 bits per heavy atom. The van der Waals surface area contributed by atoms with Crippen LogP contribution in [-0.4, -0.2) is 11.7 Å². The first-order valence-electron chi connectivity index (χ1n) is 5.87. The molecule has 96 valence electrons. The maximum Gasteiger partial charge on any atom is 0.133 e. The van der Waals surface area contributed by atoms with Gasteiger partial charge < -0.3 is 14.8 Å². The summed E-state index contributed by atoms with van der Waals surface area (Å²) in [5.41, 5.74) is 1.18. The van der Waals surface area contributed by atoms with Gasteiger partial charge in [0.25, 0.3) is 0 Å². The molecule has 0 aliphatic carbocycles. The summed E-state index contributed by atoms with van der Waals surface area (Å²) in [6, 6.07) is 11.8. The molecule has 4 heteroatoms. The van der Waals surface area contributed by atoms with Gasteiger partial charge >= 0.3 is 0 Å². The van der Waals surface area contributed by atoms with Crippen LogP contribution in [-0.2, 0) is 0 Å². The van der Waals surface area contributed by atoms with Gasteiger partial charge in [-0.25, -0.2) is 0 Å². The maximum absolute atomic E-state index is 9.89. The monoisotopic (exact) mass is 309 g/mol. The molecule has 0 amide bonds. The largest absolute Gasteiger partial charge is 0.467 e. The smallest absolute Gasteiger partial charge is 0.133 e. The van der Waals surface area contributed by atoms with E-state index in [-0.39, 0.29) is 6.04 Å². The highest BCUT2D eigenvalue weighted by Crippen LogP contribution is 2.19. The SMILES string of the molecule is C[C@H](NCC(O)c1ccco1)c1cccc(Br)c1. The summed E-state index contributed by atoms with van der Waals surface area (Å²) in [6.45, 7) is 2.53. The lowest BCUT2D eigenvalue weighted by atomic mass is 10.1. The van der Waals surface area contributed by atoms with Crippen molar-refractivity contribution in [3.05, 3.63) is 58.5 Å². The normalized spacial score (nSPS) is 14.4. The minimum absolute atomic E-state index is 0.173. The first-order chi connectivity index (χ1) is 8.66. The summed E-state index contributed by atoms with van der Waals surface area (Å²) < 4.78 is 6.21. The van der Waals surface area contributed by atoms with Crippen molar-refractivity contribution in [2.75, 3.05) is 6.54 Å². The second-order valence-corrected chi connectivity index (χ2v) is 5.13. The molecule has 0 saturated carbocycles. The van der Waals surface area contributed by atoms with Gasteiger partial charge in [0.1, 0.15) is 11.9 Å². The van der Waals surface area contributed by atoms with Gasteiger partial charge in [-0.15, -0.1) is 0 Å². The van der Waals surface area contributed by atoms with Crippen LogP contribution in [0.3, 0.4) is 0 Å². The molecule has 2 N–H and O–H groups in total. The van der Waals surface area contributed by atoms with Gasteiger partial charge in [-0.05, 0) is 36.8 Å². The molecule has 0 saturated heterocycles. The van der Waals surface area contributed by atoms with Gasteiger partial charge in [-0.3, -0.25) is 0 Å². The highest BCUT2D eigenvalue weighted by molar-refractivity contribution is 9.10. The van der Waals surface area contributed by atoms with Crippen LogP contribution >= 0.6 is 15.9 Å². The van der Waals surface area contributed by atoms with Crippen molar-refractivity contribution < 1.29 is 9.52 Å². The number of halogens is 1. The first-order valence-corrected chi connectivity index (χ1v) is 6.66. The Morgan fingerprint density at radius 1 is 1.33 bits per heavy atom. The first kappa shape index (κ1) is 13.3. The minimum Gasteiger partial charge on any atom is -0.467 e. The van der Waals surface area contributed by atoms with Gasteiger partial charge in [-0.2, -0.15) is 0 Å². The van der Waals surface area contributed by atoms with Gasteiger partial charge in [-0.1, -0.05) is 28.1 Å². The molecule has 2 atom stereocenters. The van der Waals surface area contributed by atoms with Crippen molar-refractivity contribution in [1.29, 1.82) is 0 Å². The Hall–Kier alpha value is -1.10. The highest BCUT2D eigenvalue weighted by atomic mass is 79.9. The van der Waals surface area contributed by atoms with Crippen molar-refractivity contribution in [3.8, 4) is 0 Å². The molecule has 0 bridgehead atoms. The molecule has 3 nitrogen and oxygen atoms in total. The maximum atomic E-state index is 9.89. The lowest BCUT2D eigenvalue weighted by Crippen LogP contribution is -2.24. The summed E-state index contributed by atoms with van der Waals surface area (Å²) in [4.78, 5) is 0. The second-order valence-electron chi connectivity index (χ2n) is 4.22. The van der Waals surface area contributed by atoms with Crippen LogP contribution in [0, 0.1) is 0 Å². The predicted octanol–water partition coefficient (Wildman–Crippen LogP) is 3.43. The Balaban J connectivity index is 1.90. The molecule has 0 fully saturated rings. The van der Waals surface area contributed by atoms with E-state index in [1.54, 1.807) is 18.4 Å². The number of hydrogen-bond donors (Lipinski definition) is 2. The molecular formula is C14H16BrNO2. The summed E-state index contributed by atoms with van der Waals surface area (Å²) >= 11 is 3.45. The van der Waals surface area contributed by atoms with E-state index in [0.29, 0.717) is 12.3 Å². The molecule has 2 rings (SSSR count). The van der Waals surface area contributed by atoms with Crippen LogP contribution < -0.4 is 5.32 Å². The fourth-order valence-corrected chi connectivity index (χ4v) is 2.18. The number of furan rings is 1. The molecule has 1 heterocycles. The van der Waals surface area contributed by atoms with E-state index in [9.17, 15) is 5.11 Å². The van der Waals surface area contributed by atoms with E-state index in [4.69, 9.17) is 4.42 Å². The third-order valence-corrected chi connectivity index (χ3v) is 3.33. The fraction of sp³-hybridized carbons (Fsp3) is 0.286. The van der Waals surface area contributed by atoms with Gasteiger partial charge in [0.2, 0.25) is 0 Å². The molecule has 1 unspecified atom stereocenters. The summed E-state index contributed by atoms with van der Waals surface area (Å²) in [7, 11) is 0. The molecule has 1 aromatic carbocycles. The number of benzene rings is 1. The average molecular weight is 310 g/mol. The fourth-order valence-electron chi connectivity index (χ4n) is 1.76. The Labute approximate surface area is 115 Å². The van der Waals surface area contributed by atoms with E-state index in [2.05, 4.69) is 40.3 Å². The van der Waals surface area contributed by atoms with Gasteiger partial charge in [0.15, 0.2) is 0 Å². The molecule has 0 aliphatic heterocycles. The highest BCUT2D eigenvalue weighted by Gasteiger charge is 2.12. The Kier molecular flexibility index (Phi) is 4.58. The molecule has 18 heavy (non-hydrogen) atoms. The van der Waals surface area contributed by atoms with Crippen molar-refractivity contribution in [2.24, 2.45) is 0 Å². The number of aliphatic hydroxyl groups excluding tert-OH is 1. The number of hydrogen-bond acceptors (Lipinski definition) is 3. The molecular weight excluding hydrogens is 294 g/mol. The molecule has 0 spiro atoms. The summed E-state index contributed by atoms with van der Waals surface area (Å²) in [6.07, 6.45) is 0.950. The van der Waals surface area contributed by atoms with Crippen molar-refractivity contribution in [3.63, 3.8) is 0 Å². The van der Waals surface area contributed by atoms with Crippen LogP contribution in [0.1, 0.15) is 30.4 Å². The zero-order chi connectivity index (χ0) is 13.0. The van der Waals surface area contributed by atoms with Crippen LogP contribution in [0.5, 0.6) is 0 Å². The van der Waals surface area contributed by atoms with E-state index in [0.717, 1.165) is 4.47 Å². The van der Waals surface area contributed by atoms with Crippen molar-refractivity contribution >= 4 is 15.9 Å². The molecule has 2 aromatic rings. The van der Waals surface area contributed by atoms with Crippen LogP contribution in [0.25, 0.3) is 0 Å². The molecule has 0 radical (unpaired) electrons. The topological polar surface area (TPSA) is 45.4 Å². The Bertz CT molecular complexity index is 484. The zero-order valence-electron chi connectivity index (χ0n) is 10.1. The molecule has 0 aliphatic rings. The predicted molar refractivity (Wildman–Crippen MR) is 74.2 cm³/mol. The van der Waals surface area contributed by atoms with Crippen LogP contribution in [0.4, 0.5) is 0 Å². The third-order valence-electron chi connectivity index (χ3n) is 2.84. The van der Waals surface area contributed by atoms with Crippen LogP contribution in [0.15, 0.2) is 51.6 Å². The van der Waals surface area contributed by atoms with Crippen LogP contribution in [0.2, 0.25) is 0 Å². The Morgan fingerprint density at radius 3 is 2.83 bits per heavy atom. The third kappa shape index (κ3) is 3.45. The number of rotatable bonds is 5. The summed E-state index contributed by atoms with van der Waals surface area (Å²) in [5, 5.41) is 13.2.